The second-order valence-electron chi connectivity index (χ2n) is 6.37. The van der Waals surface area contributed by atoms with Crippen LogP contribution < -0.4 is 10.6 Å². The van der Waals surface area contributed by atoms with E-state index in [1.807, 2.05) is 50.2 Å². The van der Waals surface area contributed by atoms with Crippen molar-refractivity contribution < 1.29 is 9.59 Å². The first-order valence-corrected chi connectivity index (χ1v) is 8.78. The number of hydrogen-bond acceptors (Lipinski definition) is 3. The summed E-state index contributed by atoms with van der Waals surface area (Å²) in [5.41, 5.74) is 3.90. The fraction of sp³-hybridized carbons (Fsp3) is 0.300. The van der Waals surface area contributed by atoms with Crippen molar-refractivity contribution in [1.29, 1.82) is 0 Å². The number of rotatable bonds is 7. The molecule has 2 aromatic carbocycles. The van der Waals surface area contributed by atoms with E-state index in [1.54, 1.807) is 18.0 Å². The fourth-order valence-electron chi connectivity index (χ4n) is 2.53. The Kier molecular flexibility index (Phi) is 7.18. The highest BCUT2D eigenvalue weighted by Gasteiger charge is 2.12. The van der Waals surface area contributed by atoms with Crippen LogP contribution in [-0.4, -0.2) is 36.9 Å². The van der Waals surface area contributed by atoms with Gasteiger partial charge >= 0.3 is 0 Å². The van der Waals surface area contributed by atoms with Crippen molar-refractivity contribution >= 4 is 29.1 Å². The minimum absolute atomic E-state index is 0.137. The van der Waals surface area contributed by atoms with Crippen LogP contribution in [-0.2, 0) is 16.1 Å². The lowest BCUT2D eigenvalue weighted by Gasteiger charge is -2.17. The first-order valence-electron chi connectivity index (χ1n) is 8.41. The van der Waals surface area contributed by atoms with Crippen molar-refractivity contribution in [2.75, 3.05) is 25.5 Å². The van der Waals surface area contributed by atoms with Gasteiger partial charge in [-0.25, -0.2) is 0 Å². The SMILES string of the molecule is Cc1cccc(NC(=O)CN(C)CC(=O)NCc2cccc(Cl)c2)c1C. The third kappa shape index (κ3) is 6.17. The molecule has 0 atom stereocenters. The normalized spacial score (nSPS) is 10.7. The van der Waals surface area contributed by atoms with Gasteiger partial charge in [0.1, 0.15) is 0 Å². The van der Waals surface area contributed by atoms with Gasteiger partial charge in [0.2, 0.25) is 11.8 Å². The van der Waals surface area contributed by atoms with E-state index in [2.05, 4.69) is 10.6 Å². The molecule has 0 radical (unpaired) electrons. The summed E-state index contributed by atoms with van der Waals surface area (Å²) in [6.45, 7) is 4.65. The fourth-order valence-corrected chi connectivity index (χ4v) is 2.74. The zero-order chi connectivity index (χ0) is 19.1. The summed E-state index contributed by atoms with van der Waals surface area (Å²) >= 11 is 5.92. The molecule has 0 fully saturated rings. The predicted molar refractivity (Wildman–Crippen MR) is 105 cm³/mol. The Labute approximate surface area is 159 Å². The maximum absolute atomic E-state index is 12.2. The number of benzene rings is 2. The summed E-state index contributed by atoms with van der Waals surface area (Å²) < 4.78 is 0. The van der Waals surface area contributed by atoms with E-state index in [0.717, 1.165) is 22.4 Å². The van der Waals surface area contributed by atoms with E-state index in [4.69, 9.17) is 11.6 Å². The van der Waals surface area contributed by atoms with Crippen LogP contribution in [0.1, 0.15) is 16.7 Å². The molecule has 0 saturated carbocycles. The topological polar surface area (TPSA) is 61.4 Å². The molecule has 0 aliphatic carbocycles. The second kappa shape index (κ2) is 9.36. The molecule has 0 bridgehead atoms. The van der Waals surface area contributed by atoms with E-state index >= 15 is 0 Å². The molecular weight excluding hydrogens is 350 g/mol. The van der Waals surface area contributed by atoms with Gasteiger partial charge in [0.15, 0.2) is 0 Å². The zero-order valence-corrected chi connectivity index (χ0v) is 16.1. The molecule has 0 aromatic heterocycles. The Morgan fingerprint density at radius 1 is 1.04 bits per heavy atom. The second-order valence-corrected chi connectivity index (χ2v) is 6.81. The van der Waals surface area contributed by atoms with E-state index < -0.39 is 0 Å². The van der Waals surface area contributed by atoms with E-state index in [-0.39, 0.29) is 24.9 Å². The summed E-state index contributed by atoms with van der Waals surface area (Å²) in [6.07, 6.45) is 0. The Morgan fingerprint density at radius 2 is 1.73 bits per heavy atom. The molecule has 2 amide bonds. The van der Waals surface area contributed by atoms with Gasteiger partial charge in [-0.05, 0) is 55.8 Å². The smallest absolute Gasteiger partial charge is 0.238 e. The highest BCUT2D eigenvalue weighted by atomic mass is 35.5. The molecular formula is C20H24ClN3O2. The summed E-state index contributed by atoms with van der Waals surface area (Å²) in [4.78, 5) is 25.9. The molecule has 2 rings (SSSR count). The Bertz CT molecular complexity index is 792. The number of halogens is 1. The average Bonchev–Trinajstić information content (AvgIpc) is 2.57. The van der Waals surface area contributed by atoms with Gasteiger partial charge in [0.25, 0.3) is 0 Å². The van der Waals surface area contributed by atoms with Crippen LogP contribution >= 0.6 is 11.6 Å². The van der Waals surface area contributed by atoms with Crippen LogP contribution in [0.2, 0.25) is 5.02 Å². The van der Waals surface area contributed by atoms with Crippen LogP contribution in [0.4, 0.5) is 5.69 Å². The maximum atomic E-state index is 12.2. The Morgan fingerprint density at radius 3 is 2.46 bits per heavy atom. The van der Waals surface area contributed by atoms with Gasteiger partial charge in [-0.3, -0.25) is 14.5 Å². The lowest BCUT2D eigenvalue weighted by molar-refractivity contribution is -0.123. The van der Waals surface area contributed by atoms with Gasteiger partial charge in [-0.1, -0.05) is 35.9 Å². The van der Waals surface area contributed by atoms with Crippen LogP contribution in [0.15, 0.2) is 42.5 Å². The number of nitrogens with one attached hydrogen (secondary N) is 2. The van der Waals surface area contributed by atoms with Gasteiger partial charge in [-0.15, -0.1) is 0 Å². The van der Waals surface area contributed by atoms with Crippen molar-refractivity contribution in [2.45, 2.75) is 20.4 Å². The molecule has 0 saturated heterocycles. The Hall–Kier alpha value is -2.37. The van der Waals surface area contributed by atoms with Crippen molar-refractivity contribution in [3.8, 4) is 0 Å². The highest BCUT2D eigenvalue weighted by Crippen LogP contribution is 2.17. The van der Waals surface area contributed by atoms with Crippen molar-refractivity contribution in [2.24, 2.45) is 0 Å². The summed E-state index contributed by atoms with van der Waals surface area (Å²) in [5.74, 6) is -0.296. The quantitative estimate of drug-likeness (QED) is 0.783. The number of nitrogens with zero attached hydrogens (tertiary/aromatic N) is 1. The summed E-state index contributed by atoms with van der Waals surface area (Å²) in [7, 11) is 1.74. The molecule has 26 heavy (non-hydrogen) atoms. The van der Waals surface area contributed by atoms with Gasteiger partial charge in [0.05, 0.1) is 13.1 Å². The third-order valence-corrected chi connectivity index (χ3v) is 4.32. The van der Waals surface area contributed by atoms with Crippen LogP contribution in [0.3, 0.4) is 0 Å². The molecule has 138 valence electrons. The molecule has 2 aromatic rings. The standard InChI is InChI=1S/C20H24ClN3O2/c1-14-6-4-9-18(15(14)2)23-20(26)13-24(3)12-19(25)22-11-16-7-5-8-17(21)10-16/h4-10H,11-13H2,1-3H3,(H,22,25)(H,23,26). The molecule has 0 spiro atoms. The average molecular weight is 374 g/mol. The van der Waals surface area contributed by atoms with Gasteiger partial charge in [0, 0.05) is 17.3 Å². The maximum Gasteiger partial charge on any atom is 0.238 e. The van der Waals surface area contributed by atoms with Gasteiger partial charge in [-0.2, -0.15) is 0 Å². The number of carbonyl (C=O) groups excluding carboxylic acids is 2. The largest absolute Gasteiger partial charge is 0.351 e. The zero-order valence-electron chi connectivity index (χ0n) is 15.3. The van der Waals surface area contributed by atoms with Crippen LogP contribution in [0, 0.1) is 13.8 Å². The molecule has 2 N–H and O–H groups in total. The highest BCUT2D eigenvalue weighted by molar-refractivity contribution is 6.30. The van der Waals surface area contributed by atoms with Crippen molar-refractivity contribution in [3.05, 3.63) is 64.2 Å². The lowest BCUT2D eigenvalue weighted by atomic mass is 10.1. The number of hydrogen-bond donors (Lipinski definition) is 2. The lowest BCUT2D eigenvalue weighted by Crippen LogP contribution is -2.38. The van der Waals surface area contributed by atoms with E-state index in [0.29, 0.717) is 11.6 Å². The number of aryl methyl sites for hydroxylation is 1. The Balaban J connectivity index is 1.78. The molecule has 0 aliphatic rings. The van der Waals surface area contributed by atoms with Crippen molar-refractivity contribution in [1.82, 2.24) is 10.2 Å². The number of amides is 2. The summed E-state index contributed by atoms with van der Waals surface area (Å²) in [6, 6.07) is 13.1. The molecule has 5 nitrogen and oxygen atoms in total. The monoisotopic (exact) mass is 373 g/mol. The number of likely N-dealkylation sites (N-methyl/N-ethyl adjacent to an activating group) is 1. The predicted octanol–water partition coefficient (Wildman–Crippen LogP) is 3.14. The molecule has 6 heteroatoms. The summed E-state index contributed by atoms with van der Waals surface area (Å²) in [5, 5.41) is 6.35. The van der Waals surface area contributed by atoms with Gasteiger partial charge < -0.3 is 10.6 Å². The minimum atomic E-state index is -0.149. The number of carbonyl (C=O) groups is 2. The molecule has 0 aliphatic heterocycles. The van der Waals surface area contributed by atoms with E-state index in [1.165, 1.54) is 0 Å². The third-order valence-electron chi connectivity index (χ3n) is 4.08. The number of anilines is 1. The van der Waals surface area contributed by atoms with Crippen molar-refractivity contribution in [3.63, 3.8) is 0 Å². The van der Waals surface area contributed by atoms with Crippen LogP contribution in [0.25, 0.3) is 0 Å². The van der Waals surface area contributed by atoms with Crippen LogP contribution in [0.5, 0.6) is 0 Å². The molecule has 0 unspecified atom stereocenters. The first-order chi connectivity index (χ1) is 12.3. The minimum Gasteiger partial charge on any atom is -0.351 e. The van der Waals surface area contributed by atoms with E-state index in [9.17, 15) is 9.59 Å². The molecule has 0 heterocycles. The first kappa shape index (κ1) is 19.9.